The van der Waals surface area contributed by atoms with Crippen LogP contribution in [0.15, 0.2) is 18.2 Å². The van der Waals surface area contributed by atoms with Crippen molar-refractivity contribution in [3.63, 3.8) is 0 Å². The second-order valence-corrected chi connectivity index (χ2v) is 6.67. The van der Waals surface area contributed by atoms with Crippen LogP contribution < -0.4 is 9.47 Å². The van der Waals surface area contributed by atoms with Crippen LogP contribution in [0.3, 0.4) is 0 Å². The van der Waals surface area contributed by atoms with Gasteiger partial charge in [-0.15, -0.1) is 11.8 Å². The molecule has 1 fully saturated rings. The van der Waals surface area contributed by atoms with Gasteiger partial charge in [-0.3, -0.25) is 4.79 Å². The van der Waals surface area contributed by atoms with E-state index in [-0.39, 0.29) is 17.2 Å². The Bertz CT molecular complexity index is 604. The number of thioether (sulfide) groups is 1. The van der Waals surface area contributed by atoms with Gasteiger partial charge in [0.25, 0.3) is 0 Å². The number of methoxy groups -OCH3 is 2. The number of carbonyl (C=O) groups excluding carboxylic acids is 1. The molecular formula is C16H21NO5S. The molecule has 7 heteroatoms. The molecule has 1 amide bonds. The van der Waals surface area contributed by atoms with Crippen molar-refractivity contribution >= 4 is 23.6 Å². The lowest BCUT2D eigenvalue weighted by Crippen LogP contribution is -2.44. The Morgan fingerprint density at radius 1 is 1.26 bits per heavy atom. The van der Waals surface area contributed by atoms with Crippen molar-refractivity contribution in [1.29, 1.82) is 0 Å². The number of hydrogen-bond acceptors (Lipinski definition) is 5. The molecule has 0 aromatic heterocycles. The SMILES string of the molecule is COc1ccc([C@H]2SC[C@H](C(=O)O)N2C(=O)C(C)C)cc1OC. The van der Waals surface area contributed by atoms with Gasteiger partial charge in [0.05, 0.1) is 14.2 Å². The minimum absolute atomic E-state index is 0.165. The molecule has 6 nitrogen and oxygen atoms in total. The molecule has 0 aliphatic carbocycles. The molecule has 2 rings (SSSR count). The molecule has 0 bridgehead atoms. The Hall–Kier alpha value is -1.89. The standard InChI is InChI=1S/C16H21NO5S/c1-9(2)14(18)17-11(16(19)20)8-23-15(17)10-5-6-12(21-3)13(7-10)22-4/h5-7,9,11,15H,8H2,1-4H3,(H,19,20)/t11-,15-/m1/s1. The minimum Gasteiger partial charge on any atom is -0.493 e. The van der Waals surface area contributed by atoms with Gasteiger partial charge in [0.2, 0.25) is 5.91 Å². The zero-order valence-electron chi connectivity index (χ0n) is 13.6. The molecular weight excluding hydrogens is 318 g/mol. The predicted octanol–water partition coefficient (Wildman–Crippen LogP) is 2.39. The van der Waals surface area contributed by atoms with Gasteiger partial charge in [-0.1, -0.05) is 19.9 Å². The molecule has 1 saturated heterocycles. The van der Waals surface area contributed by atoms with E-state index in [1.54, 1.807) is 40.2 Å². The maximum atomic E-state index is 12.5. The van der Waals surface area contributed by atoms with Crippen molar-refractivity contribution < 1.29 is 24.2 Å². The summed E-state index contributed by atoms with van der Waals surface area (Å²) in [7, 11) is 3.09. The molecule has 0 saturated carbocycles. The van der Waals surface area contributed by atoms with Crippen molar-refractivity contribution in [2.75, 3.05) is 20.0 Å². The molecule has 1 aromatic carbocycles. The van der Waals surface area contributed by atoms with Crippen LogP contribution in [-0.4, -0.2) is 47.9 Å². The second kappa shape index (κ2) is 7.12. The van der Waals surface area contributed by atoms with E-state index in [0.717, 1.165) is 5.56 Å². The highest BCUT2D eigenvalue weighted by molar-refractivity contribution is 7.99. The van der Waals surface area contributed by atoms with Crippen LogP contribution in [0.2, 0.25) is 0 Å². The fraction of sp³-hybridized carbons (Fsp3) is 0.500. The molecule has 1 N–H and O–H groups in total. The summed E-state index contributed by atoms with van der Waals surface area (Å²) in [5, 5.41) is 9.07. The molecule has 0 spiro atoms. The van der Waals surface area contributed by atoms with E-state index in [1.165, 1.54) is 16.7 Å². The maximum Gasteiger partial charge on any atom is 0.327 e. The Morgan fingerprint density at radius 2 is 1.91 bits per heavy atom. The lowest BCUT2D eigenvalue weighted by atomic mass is 10.1. The molecule has 1 aromatic rings. The first-order valence-corrected chi connectivity index (χ1v) is 8.34. The van der Waals surface area contributed by atoms with Crippen molar-refractivity contribution in [2.45, 2.75) is 25.3 Å². The molecule has 1 aliphatic heterocycles. The van der Waals surface area contributed by atoms with Crippen LogP contribution in [0.1, 0.15) is 24.8 Å². The Morgan fingerprint density at radius 3 is 2.43 bits per heavy atom. The van der Waals surface area contributed by atoms with Gasteiger partial charge in [0, 0.05) is 11.7 Å². The number of carbonyl (C=O) groups is 2. The Balaban J connectivity index is 2.40. The molecule has 126 valence electrons. The summed E-state index contributed by atoms with van der Waals surface area (Å²) in [6.45, 7) is 3.55. The number of nitrogens with zero attached hydrogens (tertiary/aromatic N) is 1. The van der Waals surface area contributed by atoms with Crippen LogP contribution in [-0.2, 0) is 9.59 Å². The summed E-state index contributed by atoms with van der Waals surface area (Å²) < 4.78 is 10.5. The minimum atomic E-state index is -0.977. The first-order chi connectivity index (χ1) is 10.9. The molecule has 1 aliphatic rings. The average molecular weight is 339 g/mol. The van der Waals surface area contributed by atoms with Gasteiger partial charge < -0.3 is 19.5 Å². The summed E-state index contributed by atoms with van der Waals surface area (Å²) in [6.07, 6.45) is 0. The van der Waals surface area contributed by atoms with Gasteiger partial charge >= 0.3 is 5.97 Å². The summed E-state index contributed by atoms with van der Waals surface area (Å²) in [6, 6.07) is 4.58. The zero-order valence-corrected chi connectivity index (χ0v) is 14.4. The van der Waals surface area contributed by atoms with Gasteiger partial charge in [-0.2, -0.15) is 0 Å². The van der Waals surface area contributed by atoms with Gasteiger partial charge in [-0.25, -0.2) is 4.79 Å². The highest BCUT2D eigenvalue weighted by atomic mass is 32.2. The first-order valence-electron chi connectivity index (χ1n) is 7.29. The predicted molar refractivity (Wildman–Crippen MR) is 87.9 cm³/mol. The fourth-order valence-electron chi connectivity index (χ4n) is 2.53. The molecule has 1 heterocycles. The van der Waals surface area contributed by atoms with Gasteiger partial charge in [-0.05, 0) is 17.7 Å². The van der Waals surface area contributed by atoms with Gasteiger partial charge in [0.15, 0.2) is 11.5 Å². The number of carboxylic acids is 1. The number of carboxylic acid groups (broad SMARTS) is 1. The number of ether oxygens (including phenoxy) is 2. The molecule has 2 atom stereocenters. The Labute approximate surface area is 139 Å². The summed E-state index contributed by atoms with van der Waals surface area (Å²) in [5.74, 6) is 0.110. The highest BCUT2D eigenvalue weighted by Gasteiger charge is 2.43. The quantitative estimate of drug-likeness (QED) is 0.888. The van der Waals surface area contributed by atoms with E-state index >= 15 is 0 Å². The van der Waals surface area contributed by atoms with E-state index in [0.29, 0.717) is 17.3 Å². The summed E-state index contributed by atoms with van der Waals surface area (Å²) in [5.41, 5.74) is 0.824. The van der Waals surface area contributed by atoms with Crippen LogP contribution in [0.25, 0.3) is 0 Å². The van der Waals surface area contributed by atoms with Crippen LogP contribution in [0, 0.1) is 5.92 Å². The number of benzene rings is 1. The van der Waals surface area contributed by atoms with Crippen LogP contribution in [0.4, 0.5) is 0 Å². The largest absolute Gasteiger partial charge is 0.493 e. The zero-order chi connectivity index (χ0) is 17.1. The fourth-order valence-corrected chi connectivity index (χ4v) is 3.95. The van der Waals surface area contributed by atoms with Gasteiger partial charge in [0.1, 0.15) is 11.4 Å². The third-order valence-electron chi connectivity index (χ3n) is 3.73. The Kier molecular flexibility index (Phi) is 5.41. The van der Waals surface area contributed by atoms with Crippen molar-refractivity contribution in [1.82, 2.24) is 4.90 Å². The number of amides is 1. The van der Waals surface area contributed by atoms with E-state index < -0.39 is 12.0 Å². The third-order valence-corrected chi connectivity index (χ3v) is 5.05. The lowest BCUT2D eigenvalue weighted by molar-refractivity contribution is -0.150. The monoisotopic (exact) mass is 339 g/mol. The summed E-state index contributed by atoms with van der Waals surface area (Å²) >= 11 is 1.45. The second-order valence-electron chi connectivity index (χ2n) is 5.55. The summed E-state index contributed by atoms with van der Waals surface area (Å²) in [4.78, 5) is 25.5. The van der Waals surface area contributed by atoms with Crippen LogP contribution in [0.5, 0.6) is 11.5 Å². The van der Waals surface area contributed by atoms with E-state index in [4.69, 9.17) is 9.47 Å². The molecule has 0 radical (unpaired) electrons. The third kappa shape index (κ3) is 3.39. The van der Waals surface area contributed by atoms with Crippen molar-refractivity contribution in [2.24, 2.45) is 5.92 Å². The first kappa shape index (κ1) is 17.5. The highest BCUT2D eigenvalue weighted by Crippen LogP contribution is 2.44. The van der Waals surface area contributed by atoms with E-state index in [1.807, 2.05) is 6.07 Å². The average Bonchev–Trinajstić information content (AvgIpc) is 2.98. The van der Waals surface area contributed by atoms with Crippen molar-refractivity contribution in [3.05, 3.63) is 23.8 Å². The maximum absolute atomic E-state index is 12.5. The lowest BCUT2D eigenvalue weighted by Gasteiger charge is -2.29. The smallest absolute Gasteiger partial charge is 0.327 e. The van der Waals surface area contributed by atoms with E-state index in [2.05, 4.69) is 0 Å². The van der Waals surface area contributed by atoms with Crippen molar-refractivity contribution in [3.8, 4) is 11.5 Å². The van der Waals surface area contributed by atoms with Crippen LogP contribution >= 0.6 is 11.8 Å². The number of aliphatic carboxylic acids is 1. The molecule has 23 heavy (non-hydrogen) atoms. The normalized spacial score (nSPS) is 20.7. The number of rotatable bonds is 5. The van der Waals surface area contributed by atoms with E-state index in [9.17, 15) is 14.7 Å². The number of hydrogen-bond donors (Lipinski definition) is 1. The topological polar surface area (TPSA) is 76.1 Å². The molecule has 0 unspecified atom stereocenters.